The second-order valence-corrected chi connectivity index (χ2v) is 5.68. The summed E-state index contributed by atoms with van der Waals surface area (Å²) in [4.78, 5) is 0. The van der Waals surface area contributed by atoms with E-state index in [0.717, 1.165) is 25.7 Å². The van der Waals surface area contributed by atoms with Gasteiger partial charge in [0, 0.05) is 12.1 Å². The lowest BCUT2D eigenvalue weighted by atomic mass is 9.91. The van der Waals surface area contributed by atoms with Gasteiger partial charge in [-0.1, -0.05) is 18.2 Å². The maximum atomic E-state index is 9.53. The molecule has 100 valence electrons. The van der Waals surface area contributed by atoms with Crippen LogP contribution in [0.4, 0.5) is 0 Å². The first-order valence-corrected chi connectivity index (χ1v) is 7.08. The van der Waals surface area contributed by atoms with E-state index in [4.69, 9.17) is 0 Å². The van der Waals surface area contributed by atoms with E-state index in [-0.39, 0.29) is 6.10 Å². The van der Waals surface area contributed by atoms with E-state index < -0.39 is 0 Å². The molecule has 0 bridgehead atoms. The Kier molecular flexibility index (Phi) is 4.41. The Morgan fingerprint density at radius 1 is 1.17 bits per heavy atom. The molecule has 1 unspecified atom stereocenters. The van der Waals surface area contributed by atoms with Crippen LogP contribution in [0.2, 0.25) is 0 Å². The summed E-state index contributed by atoms with van der Waals surface area (Å²) < 4.78 is 0. The van der Waals surface area contributed by atoms with Gasteiger partial charge in [0.2, 0.25) is 0 Å². The molecule has 2 rings (SSSR count). The highest BCUT2D eigenvalue weighted by molar-refractivity contribution is 5.35. The highest BCUT2D eigenvalue weighted by Crippen LogP contribution is 2.24. The summed E-state index contributed by atoms with van der Waals surface area (Å²) in [5.41, 5.74) is 4.16. The third-order valence-electron chi connectivity index (χ3n) is 4.30. The predicted octanol–water partition coefficient (Wildman–Crippen LogP) is 3.26. The van der Waals surface area contributed by atoms with Gasteiger partial charge in [-0.2, -0.15) is 0 Å². The molecule has 0 amide bonds. The van der Waals surface area contributed by atoms with Gasteiger partial charge in [-0.3, -0.25) is 0 Å². The first-order valence-electron chi connectivity index (χ1n) is 7.08. The maximum absolute atomic E-state index is 9.53. The molecule has 1 aliphatic rings. The van der Waals surface area contributed by atoms with Crippen molar-refractivity contribution in [2.45, 2.75) is 64.6 Å². The van der Waals surface area contributed by atoms with Gasteiger partial charge >= 0.3 is 0 Å². The van der Waals surface area contributed by atoms with Crippen LogP contribution in [0.3, 0.4) is 0 Å². The molecule has 1 atom stereocenters. The minimum absolute atomic E-state index is 0.0703. The molecule has 1 fully saturated rings. The molecule has 0 spiro atoms. The van der Waals surface area contributed by atoms with Gasteiger partial charge in [-0.15, -0.1) is 0 Å². The van der Waals surface area contributed by atoms with Crippen molar-refractivity contribution in [3.8, 4) is 0 Å². The van der Waals surface area contributed by atoms with Crippen molar-refractivity contribution in [1.29, 1.82) is 0 Å². The summed E-state index contributed by atoms with van der Waals surface area (Å²) in [6.07, 6.45) is 4.00. The second-order valence-electron chi connectivity index (χ2n) is 5.68. The van der Waals surface area contributed by atoms with Gasteiger partial charge in [-0.25, -0.2) is 0 Å². The number of nitrogens with one attached hydrogen (secondary N) is 1. The molecule has 0 heterocycles. The number of hydrogen-bond donors (Lipinski definition) is 2. The first kappa shape index (κ1) is 13.6. The van der Waals surface area contributed by atoms with Crippen LogP contribution in [0, 0.1) is 13.8 Å². The summed E-state index contributed by atoms with van der Waals surface area (Å²) in [5.74, 6) is 0. The monoisotopic (exact) mass is 247 g/mol. The molecule has 0 aliphatic heterocycles. The minimum atomic E-state index is -0.0703. The van der Waals surface area contributed by atoms with E-state index in [1.54, 1.807) is 0 Å². The predicted molar refractivity (Wildman–Crippen MR) is 75.7 cm³/mol. The van der Waals surface area contributed by atoms with Crippen LogP contribution in [0.5, 0.6) is 0 Å². The van der Waals surface area contributed by atoms with Crippen LogP contribution in [-0.2, 0) is 0 Å². The van der Waals surface area contributed by atoms with Crippen LogP contribution in [0.15, 0.2) is 18.2 Å². The lowest BCUT2D eigenvalue weighted by Gasteiger charge is -2.30. The fourth-order valence-corrected chi connectivity index (χ4v) is 2.93. The molecular weight excluding hydrogens is 222 g/mol. The van der Waals surface area contributed by atoms with Crippen LogP contribution >= 0.6 is 0 Å². The lowest BCUT2D eigenvalue weighted by Crippen LogP contribution is -2.36. The third kappa shape index (κ3) is 3.12. The van der Waals surface area contributed by atoms with Gasteiger partial charge in [0.1, 0.15) is 0 Å². The average Bonchev–Trinajstić information content (AvgIpc) is 2.35. The fourth-order valence-electron chi connectivity index (χ4n) is 2.93. The normalized spacial score (nSPS) is 26.0. The summed E-state index contributed by atoms with van der Waals surface area (Å²) in [5, 5.41) is 13.2. The van der Waals surface area contributed by atoms with Crippen molar-refractivity contribution in [3.05, 3.63) is 34.9 Å². The van der Waals surface area contributed by atoms with Gasteiger partial charge in [0.05, 0.1) is 6.10 Å². The SMILES string of the molecule is Cc1cccc(C(C)NC2CCC(O)CC2)c1C. The molecule has 1 aromatic carbocycles. The summed E-state index contributed by atoms with van der Waals surface area (Å²) in [7, 11) is 0. The smallest absolute Gasteiger partial charge is 0.0541 e. The zero-order valence-corrected chi connectivity index (χ0v) is 11.7. The number of aliphatic hydroxyl groups excluding tert-OH is 1. The third-order valence-corrected chi connectivity index (χ3v) is 4.30. The minimum Gasteiger partial charge on any atom is -0.393 e. The molecule has 2 N–H and O–H groups in total. The summed E-state index contributed by atoms with van der Waals surface area (Å²) in [6.45, 7) is 6.61. The molecule has 0 radical (unpaired) electrons. The van der Waals surface area contributed by atoms with Gasteiger partial charge in [0.25, 0.3) is 0 Å². The zero-order valence-electron chi connectivity index (χ0n) is 11.7. The first-order chi connectivity index (χ1) is 8.58. The Labute approximate surface area is 110 Å². The Bertz CT molecular complexity index is 394. The van der Waals surface area contributed by atoms with Crippen LogP contribution < -0.4 is 5.32 Å². The van der Waals surface area contributed by atoms with Gasteiger partial charge in [0.15, 0.2) is 0 Å². The van der Waals surface area contributed by atoms with E-state index in [1.165, 1.54) is 16.7 Å². The highest BCUT2D eigenvalue weighted by atomic mass is 16.3. The molecule has 2 heteroatoms. The number of hydrogen-bond acceptors (Lipinski definition) is 2. The fraction of sp³-hybridized carbons (Fsp3) is 0.625. The molecule has 1 saturated carbocycles. The number of benzene rings is 1. The molecule has 1 aromatic rings. The average molecular weight is 247 g/mol. The Morgan fingerprint density at radius 2 is 1.83 bits per heavy atom. The van der Waals surface area contributed by atoms with E-state index >= 15 is 0 Å². The van der Waals surface area contributed by atoms with Crippen molar-refractivity contribution in [3.63, 3.8) is 0 Å². The Morgan fingerprint density at radius 3 is 2.50 bits per heavy atom. The zero-order chi connectivity index (χ0) is 13.1. The molecule has 0 aromatic heterocycles. The standard InChI is InChI=1S/C16H25NO/c1-11-5-4-6-16(12(11)2)13(3)17-14-7-9-15(18)10-8-14/h4-6,13-15,17-18H,7-10H2,1-3H3. The van der Waals surface area contributed by atoms with Crippen molar-refractivity contribution >= 4 is 0 Å². The molecule has 18 heavy (non-hydrogen) atoms. The van der Waals surface area contributed by atoms with E-state index in [0.29, 0.717) is 12.1 Å². The van der Waals surface area contributed by atoms with E-state index in [1.807, 2.05) is 0 Å². The summed E-state index contributed by atoms with van der Waals surface area (Å²) in [6, 6.07) is 7.48. The molecule has 2 nitrogen and oxygen atoms in total. The van der Waals surface area contributed by atoms with Crippen molar-refractivity contribution in [2.75, 3.05) is 0 Å². The molecular formula is C16H25NO. The van der Waals surface area contributed by atoms with Gasteiger partial charge in [-0.05, 0) is 63.1 Å². The van der Waals surface area contributed by atoms with Crippen molar-refractivity contribution < 1.29 is 5.11 Å². The van der Waals surface area contributed by atoms with E-state index in [2.05, 4.69) is 44.3 Å². The van der Waals surface area contributed by atoms with Crippen LogP contribution in [0.1, 0.15) is 55.3 Å². The lowest BCUT2D eigenvalue weighted by molar-refractivity contribution is 0.114. The molecule has 1 aliphatic carbocycles. The van der Waals surface area contributed by atoms with Crippen LogP contribution in [-0.4, -0.2) is 17.3 Å². The van der Waals surface area contributed by atoms with Gasteiger partial charge < -0.3 is 10.4 Å². The molecule has 0 saturated heterocycles. The van der Waals surface area contributed by atoms with Crippen molar-refractivity contribution in [2.24, 2.45) is 0 Å². The number of aliphatic hydroxyl groups is 1. The Balaban J connectivity index is 1.99. The van der Waals surface area contributed by atoms with Crippen molar-refractivity contribution in [1.82, 2.24) is 5.32 Å². The number of aryl methyl sites for hydroxylation is 1. The Hall–Kier alpha value is -0.860. The topological polar surface area (TPSA) is 32.3 Å². The summed E-state index contributed by atoms with van der Waals surface area (Å²) >= 11 is 0. The highest BCUT2D eigenvalue weighted by Gasteiger charge is 2.21. The number of rotatable bonds is 3. The van der Waals surface area contributed by atoms with E-state index in [9.17, 15) is 5.11 Å². The van der Waals surface area contributed by atoms with Crippen LogP contribution in [0.25, 0.3) is 0 Å². The largest absolute Gasteiger partial charge is 0.393 e. The maximum Gasteiger partial charge on any atom is 0.0541 e. The second kappa shape index (κ2) is 5.85. The quantitative estimate of drug-likeness (QED) is 0.859.